The van der Waals surface area contributed by atoms with E-state index >= 15 is 0 Å². The molecule has 2 heterocycles. The van der Waals surface area contributed by atoms with Gasteiger partial charge in [0.1, 0.15) is 5.56 Å². The minimum atomic E-state index is 0.00218. The number of nitrogens with zero attached hydrogens (tertiary/aromatic N) is 2. The van der Waals surface area contributed by atoms with Gasteiger partial charge < -0.3 is 15.0 Å². The van der Waals surface area contributed by atoms with E-state index in [0.29, 0.717) is 23.4 Å². The monoisotopic (exact) mass is 291 g/mol. The van der Waals surface area contributed by atoms with E-state index in [-0.39, 0.29) is 5.91 Å². The average molecular weight is 291 g/mol. The fourth-order valence-electron chi connectivity index (χ4n) is 2.75. The summed E-state index contributed by atoms with van der Waals surface area (Å²) in [7, 11) is 1.55. The number of rotatable bonds is 6. The van der Waals surface area contributed by atoms with Gasteiger partial charge in [0.2, 0.25) is 5.88 Å². The van der Waals surface area contributed by atoms with Crippen molar-refractivity contribution in [1.29, 1.82) is 0 Å². The third-order valence-electron chi connectivity index (χ3n) is 3.67. The lowest BCUT2D eigenvalue weighted by molar-refractivity contribution is 0.0717. The molecule has 0 spiro atoms. The van der Waals surface area contributed by atoms with Crippen molar-refractivity contribution in [1.82, 2.24) is 15.2 Å². The lowest BCUT2D eigenvalue weighted by Gasteiger charge is -2.28. The highest BCUT2D eigenvalue weighted by Gasteiger charge is 2.25. The number of ether oxygens (including phenoxy) is 1. The van der Waals surface area contributed by atoms with Crippen LogP contribution in [0.4, 0.5) is 0 Å². The summed E-state index contributed by atoms with van der Waals surface area (Å²) in [5.74, 6) is 0.830. The van der Waals surface area contributed by atoms with Gasteiger partial charge in [-0.05, 0) is 37.4 Å². The van der Waals surface area contributed by atoms with Gasteiger partial charge in [-0.15, -0.1) is 0 Å². The zero-order valence-corrected chi connectivity index (χ0v) is 13.1. The van der Waals surface area contributed by atoms with Gasteiger partial charge in [0, 0.05) is 25.3 Å². The van der Waals surface area contributed by atoms with Crippen LogP contribution in [0.1, 0.15) is 37.0 Å². The van der Waals surface area contributed by atoms with Gasteiger partial charge in [-0.1, -0.05) is 13.8 Å². The van der Waals surface area contributed by atoms with Crippen LogP contribution in [0.25, 0.3) is 0 Å². The number of amides is 1. The Morgan fingerprint density at radius 3 is 3.00 bits per heavy atom. The van der Waals surface area contributed by atoms with Crippen molar-refractivity contribution in [2.75, 3.05) is 26.7 Å². The van der Waals surface area contributed by atoms with E-state index in [1.54, 1.807) is 25.4 Å². The Balaban J connectivity index is 2.16. The molecular weight excluding hydrogens is 266 g/mol. The SMILES string of the molecule is COc1ncccc1C(=O)N(CC(C)C)CC1CCCN1. The number of pyridine rings is 1. The van der Waals surface area contributed by atoms with Crippen LogP contribution in [-0.2, 0) is 0 Å². The summed E-state index contributed by atoms with van der Waals surface area (Å²) < 4.78 is 5.22. The van der Waals surface area contributed by atoms with E-state index in [2.05, 4.69) is 24.1 Å². The van der Waals surface area contributed by atoms with Crippen molar-refractivity contribution in [3.05, 3.63) is 23.9 Å². The maximum atomic E-state index is 12.8. The number of carbonyl (C=O) groups excluding carboxylic acids is 1. The lowest BCUT2D eigenvalue weighted by atomic mass is 10.1. The van der Waals surface area contributed by atoms with Crippen LogP contribution in [0.15, 0.2) is 18.3 Å². The number of nitrogens with one attached hydrogen (secondary N) is 1. The van der Waals surface area contributed by atoms with Crippen LogP contribution in [0.2, 0.25) is 0 Å². The highest BCUT2D eigenvalue weighted by Crippen LogP contribution is 2.18. The van der Waals surface area contributed by atoms with Crippen molar-refractivity contribution < 1.29 is 9.53 Å². The maximum absolute atomic E-state index is 12.8. The largest absolute Gasteiger partial charge is 0.480 e. The molecule has 0 saturated carbocycles. The number of hydrogen-bond acceptors (Lipinski definition) is 4. The first kappa shape index (κ1) is 15.8. The molecule has 0 bridgehead atoms. The molecule has 1 unspecified atom stereocenters. The highest BCUT2D eigenvalue weighted by molar-refractivity contribution is 5.96. The van der Waals surface area contributed by atoms with E-state index in [4.69, 9.17) is 4.74 Å². The Hall–Kier alpha value is -1.62. The molecular formula is C16H25N3O2. The van der Waals surface area contributed by atoms with Gasteiger partial charge in [-0.2, -0.15) is 0 Å². The number of aromatic nitrogens is 1. The van der Waals surface area contributed by atoms with Crippen LogP contribution in [0, 0.1) is 5.92 Å². The Morgan fingerprint density at radius 2 is 2.38 bits per heavy atom. The van der Waals surface area contributed by atoms with Crippen LogP contribution >= 0.6 is 0 Å². The van der Waals surface area contributed by atoms with Crippen LogP contribution in [0.5, 0.6) is 5.88 Å². The van der Waals surface area contributed by atoms with Crippen molar-refractivity contribution in [2.45, 2.75) is 32.7 Å². The summed E-state index contributed by atoms with van der Waals surface area (Å²) in [6.07, 6.45) is 3.96. The normalized spacial score (nSPS) is 18.0. The van der Waals surface area contributed by atoms with E-state index in [9.17, 15) is 4.79 Å². The molecule has 1 saturated heterocycles. The number of hydrogen-bond donors (Lipinski definition) is 1. The molecule has 1 atom stereocenters. The molecule has 1 fully saturated rings. The summed E-state index contributed by atoms with van der Waals surface area (Å²) in [5.41, 5.74) is 0.540. The topological polar surface area (TPSA) is 54.5 Å². The van der Waals surface area contributed by atoms with Gasteiger partial charge in [-0.3, -0.25) is 4.79 Å². The predicted molar refractivity (Wildman–Crippen MR) is 82.6 cm³/mol. The molecule has 0 radical (unpaired) electrons. The van der Waals surface area contributed by atoms with Crippen LogP contribution < -0.4 is 10.1 Å². The maximum Gasteiger partial charge on any atom is 0.259 e. The Bertz CT molecular complexity index is 470. The number of carbonyl (C=O) groups is 1. The van der Waals surface area contributed by atoms with Crippen LogP contribution in [-0.4, -0.2) is 48.6 Å². The van der Waals surface area contributed by atoms with Crippen molar-refractivity contribution >= 4 is 5.91 Å². The Kier molecular flexibility index (Phi) is 5.56. The smallest absolute Gasteiger partial charge is 0.259 e. The van der Waals surface area contributed by atoms with Gasteiger partial charge in [0.25, 0.3) is 5.91 Å². The predicted octanol–water partition coefficient (Wildman–Crippen LogP) is 1.94. The molecule has 21 heavy (non-hydrogen) atoms. The first-order valence-electron chi connectivity index (χ1n) is 7.63. The fraction of sp³-hybridized carbons (Fsp3) is 0.625. The fourth-order valence-corrected chi connectivity index (χ4v) is 2.75. The zero-order chi connectivity index (χ0) is 15.2. The summed E-state index contributed by atoms with van der Waals surface area (Å²) in [5, 5.41) is 3.45. The van der Waals surface area contributed by atoms with Crippen molar-refractivity contribution in [3.8, 4) is 5.88 Å². The van der Waals surface area contributed by atoms with Gasteiger partial charge >= 0.3 is 0 Å². The quantitative estimate of drug-likeness (QED) is 0.870. The molecule has 2 rings (SSSR count). The molecule has 1 amide bonds. The lowest BCUT2D eigenvalue weighted by Crippen LogP contribution is -2.43. The third-order valence-corrected chi connectivity index (χ3v) is 3.67. The Labute approximate surface area is 126 Å². The number of methoxy groups -OCH3 is 1. The first-order valence-corrected chi connectivity index (χ1v) is 7.63. The summed E-state index contributed by atoms with van der Waals surface area (Å²) in [6.45, 7) is 6.79. The molecule has 0 aromatic carbocycles. The molecule has 0 aliphatic carbocycles. The molecule has 1 aromatic heterocycles. The van der Waals surface area contributed by atoms with Crippen LogP contribution in [0.3, 0.4) is 0 Å². The van der Waals surface area contributed by atoms with Gasteiger partial charge in [-0.25, -0.2) is 4.98 Å². The third kappa shape index (κ3) is 4.17. The minimum Gasteiger partial charge on any atom is -0.480 e. The molecule has 1 N–H and O–H groups in total. The van der Waals surface area contributed by atoms with E-state index in [0.717, 1.165) is 26.1 Å². The van der Waals surface area contributed by atoms with E-state index in [1.807, 2.05) is 4.90 Å². The summed E-state index contributed by atoms with van der Waals surface area (Å²) in [6, 6.07) is 3.95. The van der Waals surface area contributed by atoms with E-state index in [1.165, 1.54) is 6.42 Å². The van der Waals surface area contributed by atoms with Crippen molar-refractivity contribution in [2.24, 2.45) is 5.92 Å². The van der Waals surface area contributed by atoms with Crippen molar-refractivity contribution in [3.63, 3.8) is 0 Å². The second kappa shape index (κ2) is 7.41. The zero-order valence-electron chi connectivity index (χ0n) is 13.1. The second-order valence-electron chi connectivity index (χ2n) is 5.96. The standard InChI is InChI=1S/C16H25N3O2/c1-12(2)10-19(11-13-6-4-8-17-13)16(20)14-7-5-9-18-15(14)21-3/h5,7,9,12-13,17H,4,6,8,10-11H2,1-3H3. The molecule has 116 valence electrons. The molecule has 5 nitrogen and oxygen atoms in total. The van der Waals surface area contributed by atoms with E-state index < -0.39 is 0 Å². The molecule has 1 aliphatic heterocycles. The highest BCUT2D eigenvalue weighted by atomic mass is 16.5. The molecule has 5 heteroatoms. The molecule has 1 aromatic rings. The summed E-state index contributed by atoms with van der Waals surface area (Å²) in [4.78, 5) is 18.9. The minimum absolute atomic E-state index is 0.00218. The average Bonchev–Trinajstić information content (AvgIpc) is 2.98. The van der Waals surface area contributed by atoms with Gasteiger partial charge in [0.05, 0.1) is 7.11 Å². The second-order valence-corrected chi connectivity index (χ2v) is 5.96. The summed E-state index contributed by atoms with van der Waals surface area (Å²) >= 11 is 0. The van der Waals surface area contributed by atoms with Gasteiger partial charge in [0.15, 0.2) is 0 Å². The Morgan fingerprint density at radius 1 is 1.57 bits per heavy atom. The molecule has 1 aliphatic rings. The first-order chi connectivity index (χ1) is 10.1.